The summed E-state index contributed by atoms with van der Waals surface area (Å²) in [5.74, 6) is -0.352. The Kier molecular flexibility index (Phi) is 4.28. The molecule has 0 saturated heterocycles. The number of nitro groups is 1. The Morgan fingerprint density at radius 3 is 2.79 bits per heavy atom. The molecule has 0 saturated carbocycles. The lowest BCUT2D eigenvalue weighted by atomic mass is 10.0. The van der Waals surface area contributed by atoms with Crippen molar-refractivity contribution >= 4 is 17.3 Å². The molecule has 8 heteroatoms. The zero-order valence-electron chi connectivity index (χ0n) is 12.1. The molecule has 0 aliphatic carbocycles. The summed E-state index contributed by atoms with van der Waals surface area (Å²) in [6.07, 6.45) is 0. The number of halogens is 2. The van der Waals surface area contributed by atoms with E-state index in [2.05, 4.69) is 5.16 Å². The van der Waals surface area contributed by atoms with E-state index in [-0.39, 0.29) is 33.3 Å². The van der Waals surface area contributed by atoms with Crippen molar-refractivity contribution in [2.45, 2.75) is 6.61 Å². The van der Waals surface area contributed by atoms with Gasteiger partial charge in [0.25, 0.3) is 5.69 Å². The van der Waals surface area contributed by atoms with Gasteiger partial charge in [-0.2, -0.15) is 0 Å². The van der Waals surface area contributed by atoms with E-state index in [1.54, 1.807) is 6.07 Å². The third-order valence-corrected chi connectivity index (χ3v) is 3.78. The number of nitro benzene ring substituents is 1. The molecule has 1 heterocycles. The van der Waals surface area contributed by atoms with Crippen molar-refractivity contribution in [1.29, 1.82) is 0 Å². The van der Waals surface area contributed by atoms with Gasteiger partial charge in [-0.05, 0) is 18.2 Å². The van der Waals surface area contributed by atoms with Crippen molar-refractivity contribution in [3.05, 3.63) is 69.0 Å². The predicted molar refractivity (Wildman–Crippen MR) is 84.9 cm³/mol. The fraction of sp³-hybridized carbons (Fsp3) is 0.0625. The zero-order chi connectivity index (χ0) is 17.3. The summed E-state index contributed by atoms with van der Waals surface area (Å²) in [6.45, 7) is -0.455. The fourth-order valence-corrected chi connectivity index (χ4v) is 2.54. The molecule has 0 bridgehead atoms. The Bertz CT molecular complexity index is 926. The van der Waals surface area contributed by atoms with E-state index >= 15 is 0 Å². The van der Waals surface area contributed by atoms with Crippen molar-refractivity contribution in [3.63, 3.8) is 0 Å². The maximum Gasteiger partial charge on any atom is 0.270 e. The second kappa shape index (κ2) is 6.38. The van der Waals surface area contributed by atoms with Crippen LogP contribution in [-0.4, -0.2) is 15.2 Å². The Hall–Kier alpha value is -2.77. The van der Waals surface area contributed by atoms with Gasteiger partial charge >= 0.3 is 0 Å². The second-order valence-electron chi connectivity index (χ2n) is 4.93. The van der Waals surface area contributed by atoms with Crippen LogP contribution >= 0.6 is 11.6 Å². The van der Waals surface area contributed by atoms with Crippen molar-refractivity contribution in [1.82, 2.24) is 5.16 Å². The van der Waals surface area contributed by atoms with E-state index in [9.17, 15) is 19.6 Å². The summed E-state index contributed by atoms with van der Waals surface area (Å²) in [5, 5.41) is 24.7. The predicted octanol–water partition coefficient (Wildman–Crippen LogP) is 4.20. The van der Waals surface area contributed by atoms with Gasteiger partial charge in [-0.3, -0.25) is 10.1 Å². The molecule has 2 aromatic carbocycles. The molecule has 24 heavy (non-hydrogen) atoms. The van der Waals surface area contributed by atoms with Gasteiger partial charge in [0.15, 0.2) is 5.76 Å². The SMILES string of the molecule is O=[N+]([O-])c1cccc(-c2onc(-c3cc(F)ccc3Cl)c2CO)c1. The maximum absolute atomic E-state index is 13.5. The molecule has 0 amide bonds. The molecule has 0 atom stereocenters. The molecule has 1 N–H and O–H groups in total. The van der Waals surface area contributed by atoms with Crippen LogP contribution in [0.25, 0.3) is 22.6 Å². The highest BCUT2D eigenvalue weighted by Gasteiger charge is 2.21. The van der Waals surface area contributed by atoms with Crippen LogP contribution in [0.2, 0.25) is 5.02 Å². The summed E-state index contributed by atoms with van der Waals surface area (Å²) >= 11 is 6.06. The van der Waals surface area contributed by atoms with Gasteiger partial charge in [0.05, 0.1) is 22.1 Å². The van der Waals surface area contributed by atoms with E-state index in [1.165, 1.54) is 36.4 Å². The Labute approximate surface area is 140 Å². The molecule has 0 spiro atoms. The molecular weight excluding hydrogens is 339 g/mol. The van der Waals surface area contributed by atoms with Gasteiger partial charge < -0.3 is 9.63 Å². The fourth-order valence-electron chi connectivity index (χ4n) is 2.33. The lowest BCUT2D eigenvalue weighted by Gasteiger charge is -2.04. The molecule has 0 unspecified atom stereocenters. The van der Waals surface area contributed by atoms with Crippen molar-refractivity contribution in [2.24, 2.45) is 0 Å². The van der Waals surface area contributed by atoms with Gasteiger partial charge in [0.2, 0.25) is 0 Å². The first kappa shape index (κ1) is 16.1. The summed E-state index contributed by atoms with van der Waals surface area (Å²) in [7, 11) is 0. The maximum atomic E-state index is 13.5. The summed E-state index contributed by atoms with van der Waals surface area (Å²) in [6, 6.07) is 9.47. The summed E-state index contributed by atoms with van der Waals surface area (Å²) in [5.41, 5.74) is 0.963. The molecule has 0 aliphatic heterocycles. The zero-order valence-corrected chi connectivity index (χ0v) is 12.8. The second-order valence-corrected chi connectivity index (χ2v) is 5.34. The molecule has 3 rings (SSSR count). The quantitative estimate of drug-likeness (QED) is 0.563. The molecule has 3 aromatic rings. The number of hydrogen-bond acceptors (Lipinski definition) is 5. The van der Waals surface area contributed by atoms with Gasteiger partial charge in [0, 0.05) is 23.3 Å². The van der Waals surface area contributed by atoms with Crippen LogP contribution in [0.4, 0.5) is 10.1 Å². The number of hydrogen-bond donors (Lipinski definition) is 1. The van der Waals surface area contributed by atoms with Crippen LogP contribution in [0.3, 0.4) is 0 Å². The molecule has 1 aromatic heterocycles. The highest BCUT2D eigenvalue weighted by molar-refractivity contribution is 6.33. The average molecular weight is 349 g/mol. The number of benzene rings is 2. The van der Waals surface area contributed by atoms with Crippen molar-refractivity contribution < 1.29 is 18.9 Å². The minimum Gasteiger partial charge on any atom is -0.391 e. The smallest absolute Gasteiger partial charge is 0.270 e. The Morgan fingerprint density at radius 1 is 1.29 bits per heavy atom. The highest BCUT2D eigenvalue weighted by atomic mass is 35.5. The van der Waals surface area contributed by atoms with Gasteiger partial charge in [-0.15, -0.1) is 0 Å². The first-order valence-electron chi connectivity index (χ1n) is 6.81. The standard InChI is InChI=1S/C16H10ClFN2O4/c17-14-5-4-10(18)7-12(14)15-13(8-21)16(24-19-15)9-2-1-3-11(6-9)20(22)23/h1-7,21H,8H2. The van der Waals surface area contributed by atoms with Crippen LogP contribution in [0.1, 0.15) is 5.56 Å². The van der Waals surface area contributed by atoms with Gasteiger partial charge in [-0.1, -0.05) is 28.9 Å². The molecule has 0 radical (unpaired) electrons. The van der Waals surface area contributed by atoms with E-state index in [4.69, 9.17) is 16.1 Å². The largest absolute Gasteiger partial charge is 0.391 e. The number of aromatic nitrogens is 1. The number of nitrogens with zero attached hydrogens (tertiary/aromatic N) is 2. The van der Waals surface area contributed by atoms with E-state index in [0.29, 0.717) is 5.56 Å². The van der Waals surface area contributed by atoms with E-state index < -0.39 is 17.3 Å². The first-order chi connectivity index (χ1) is 11.5. The van der Waals surface area contributed by atoms with E-state index in [0.717, 1.165) is 0 Å². The monoisotopic (exact) mass is 348 g/mol. The molecule has 0 aliphatic rings. The number of aliphatic hydroxyl groups excluding tert-OH is 1. The summed E-state index contributed by atoms with van der Waals surface area (Å²) in [4.78, 5) is 10.4. The summed E-state index contributed by atoms with van der Waals surface area (Å²) < 4.78 is 18.7. The minimum absolute atomic E-state index is 0.127. The average Bonchev–Trinajstić information content (AvgIpc) is 3.00. The minimum atomic E-state index is -0.539. The normalized spacial score (nSPS) is 10.8. The van der Waals surface area contributed by atoms with Crippen LogP contribution < -0.4 is 0 Å². The molecule has 122 valence electrons. The Morgan fingerprint density at radius 2 is 2.08 bits per heavy atom. The van der Waals surface area contributed by atoms with Gasteiger partial charge in [0.1, 0.15) is 11.5 Å². The van der Waals surface area contributed by atoms with Crippen LogP contribution in [0.15, 0.2) is 47.0 Å². The number of rotatable bonds is 4. The topological polar surface area (TPSA) is 89.4 Å². The molecule has 0 fully saturated rings. The van der Waals surface area contributed by atoms with Crippen LogP contribution in [-0.2, 0) is 6.61 Å². The number of non-ortho nitro benzene ring substituents is 1. The van der Waals surface area contributed by atoms with Crippen molar-refractivity contribution in [2.75, 3.05) is 0 Å². The van der Waals surface area contributed by atoms with Crippen LogP contribution in [0, 0.1) is 15.9 Å². The van der Waals surface area contributed by atoms with E-state index in [1.807, 2.05) is 0 Å². The van der Waals surface area contributed by atoms with Gasteiger partial charge in [-0.25, -0.2) is 4.39 Å². The highest BCUT2D eigenvalue weighted by Crippen LogP contribution is 2.36. The lowest BCUT2D eigenvalue weighted by Crippen LogP contribution is -1.92. The Balaban J connectivity index is 2.16. The number of aliphatic hydroxyl groups is 1. The molecule has 6 nitrogen and oxygen atoms in total. The molecular formula is C16H10ClFN2O4. The third kappa shape index (κ3) is 2.86. The van der Waals surface area contributed by atoms with Crippen LogP contribution in [0.5, 0.6) is 0 Å². The lowest BCUT2D eigenvalue weighted by molar-refractivity contribution is -0.384. The third-order valence-electron chi connectivity index (χ3n) is 3.45. The van der Waals surface area contributed by atoms with Crippen molar-refractivity contribution in [3.8, 4) is 22.6 Å². The first-order valence-corrected chi connectivity index (χ1v) is 7.18.